The molecule has 0 amide bonds. The third kappa shape index (κ3) is 4.66. The van der Waals surface area contributed by atoms with Crippen LogP contribution in [-0.2, 0) is 10.0 Å². The highest BCUT2D eigenvalue weighted by atomic mass is 79.9. The first kappa shape index (κ1) is 20.9. The molecule has 13 heteroatoms. The van der Waals surface area contributed by atoms with E-state index in [0.717, 1.165) is 15.1 Å². The summed E-state index contributed by atoms with van der Waals surface area (Å²) >= 11 is 5.66. The van der Waals surface area contributed by atoms with Crippen molar-refractivity contribution in [3.05, 3.63) is 44.1 Å². The summed E-state index contributed by atoms with van der Waals surface area (Å²) in [6.45, 7) is 0. The molecule has 6 N–H and O–H groups in total. The van der Waals surface area contributed by atoms with Gasteiger partial charge in [0.05, 0.1) is 4.90 Å². The van der Waals surface area contributed by atoms with Crippen LogP contribution in [0.5, 0.6) is 0 Å². The average molecular weight is 541 g/mol. The number of carbonyl (C=O) groups excluding carboxylic acids is 1. The lowest BCUT2D eigenvalue weighted by atomic mass is 10.3. The Labute approximate surface area is 175 Å². The van der Waals surface area contributed by atoms with Gasteiger partial charge in [-0.1, -0.05) is 22.7 Å². The third-order valence-corrected chi connectivity index (χ3v) is 6.47. The Morgan fingerprint density at radius 1 is 1.23 bits per heavy atom. The molecule has 2 aromatic heterocycles. The number of nitrogens with two attached hydrogens (primary N) is 2. The Morgan fingerprint density at radius 2 is 1.88 bits per heavy atom. The number of rotatable bonds is 5. The number of aromatic nitrogens is 2. The molecule has 3 rings (SSSR count). The molecule has 0 atom stereocenters. The Balaban J connectivity index is 0.00000243. The summed E-state index contributed by atoms with van der Waals surface area (Å²) in [6, 6.07) is 5.84. The maximum atomic E-state index is 12.4. The van der Waals surface area contributed by atoms with Crippen LogP contribution in [0.2, 0.25) is 0 Å². The molecule has 138 valence electrons. The van der Waals surface area contributed by atoms with E-state index in [9.17, 15) is 13.2 Å². The van der Waals surface area contributed by atoms with E-state index in [1.54, 1.807) is 18.3 Å². The number of sulfonamides is 1. The van der Waals surface area contributed by atoms with E-state index in [2.05, 4.69) is 31.2 Å². The number of halogens is 2. The van der Waals surface area contributed by atoms with Gasteiger partial charge in [-0.05, 0) is 40.2 Å². The molecule has 0 saturated carbocycles. The number of primary sulfonamides is 1. The van der Waals surface area contributed by atoms with Gasteiger partial charge in [-0.2, -0.15) is 4.98 Å². The number of nitrogen functional groups attached to an aromatic ring is 1. The van der Waals surface area contributed by atoms with Crippen LogP contribution in [-0.4, -0.2) is 19.2 Å². The molecule has 0 bridgehead atoms. The molecule has 3 aromatic rings. The zero-order chi connectivity index (χ0) is 18.2. The number of carbonyl (C=O) groups is 1. The van der Waals surface area contributed by atoms with Crippen LogP contribution >= 0.6 is 38.6 Å². The van der Waals surface area contributed by atoms with Gasteiger partial charge < -0.3 is 28.0 Å². The highest BCUT2D eigenvalue weighted by molar-refractivity contribution is 9.11. The highest BCUT2D eigenvalue weighted by Gasteiger charge is 2.25. The first-order valence-corrected chi connectivity index (χ1v) is 10.6. The first-order valence-electron chi connectivity index (χ1n) is 6.62. The largest absolute Gasteiger partial charge is 1.00 e. The number of aromatic amines is 1. The van der Waals surface area contributed by atoms with Gasteiger partial charge in [-0.3, -0.25) is 4.79 Å². The minimum atomic E-state index is -3.75. The van der Waals surface area contributed by atoms with Crippen LogP contribution in [0.15, 0.2) is 39.1 Å². The van der Waals surface area contributed by atoms with Crippen LogP contribution < -0.4 is 38.2 Å². The lowest BCUT2D eigenvalue weighted by molar-refractivity contribution is -0.374. The molecule has 0 aliphatic carbocycles. The van der Waals surface area contributed by atoms with E-state index >= 15 is 0 Å². The molecule has 2 heterocycles. The molecule has 26 heavy (non-hydrogen) atoms. The van der Waals surface area contributed by atoms with Crippen molar-refractivity contribution in [1.82, 2.24) is 4.98 Å². The van der Waals surface area contributed by atoms with Gasteiger partial charge in [-0.25, -0.2) is 18.5 Å². The molecular weight excluding hydrogens is 530 g/mol. The van der Waals surface area contributed by atoms with Gasteiger partial charge in [0.1, 0.15) is 14.5 Å². The summed E-state index contributed by atoms with van der Waals surface area (Å²) in [5.74, 6) is -0.125. The molecule has 0 unspecified atom stereocenters. The average Bonchev–Trinajstić information content (AvgIpc) is 3.12. The quantitative estimate of drug-likeness (QED) is 0.354. The summed E-state index contributed by atoms with van der Waals surface area (Å²) in [7, 11) is -3.75. The van der Waals surface area contributed by atoms with Crippen LogP contribution in [0.1, 0.15) is 14.7 Å². The number of anilines is 3. The van der Waals surface area contributed by atoms with E-state index in [1.165, 1.54) is 23.5 Å². The normalized spacial score (nSPS) is 11.0. The topological polar surface area (TPSA) is 142 Å². The monoisotopic (exact) mass is 539 g/mol. The maximum Gasteiger partial charge on any atom is 0.310 e. The SMILES string of the molecule is Nc1nc(Nc2ccc(S(N)(=O)=O)cc2)sc1C(=O)c1[nH+]cc(Br)s1.[Br-]. The minimum Gasteiger partial charge on any atom is -1.00 e. The Morgan fingerprint density at radius 3 is 2.42 bits per heavy atom. The second-order valence-electron chi connectivity index (χ2n) is 4.78. The number of nitrogens with one attached hydrogen (secondary N) is 2. The van der Waals surface area contributed by atoms with Crippen molar-refractivity contribution in [2.75, 3.05) is 11.1 Å². The lowest BCUT2D eigenvalue weighted by Gasteiger charge is -2.03. The minimum absolute atomic E-state index is 0. The second kappa shape index (κ2) is 8.10. The van der Waals surface area contributed by atoms with E-state index in [0.29, 0.717) is 20.7 Å². The van der Waals surface area contributed by atoms with Gasteiger partial charge in [0.25, 0.3) is 5.78 Å². The van der Waals surface area contributed by atoms with Crippen molar-refractivity contribution in [2.45, 2.75) is 4.90 Å². The molecule has 0 saturated heterocycles. The smallest absolute Gasteiger partial charge is 0.310 e. The van der Waals surface area contributed by atoms with Gasteiger partial charge in [0.15, 0.2) is 11.3 Å². The fourth-order valence-corrected chi connectivity index (χ4v) is 4.55. The number of hydrogen-bond donors (Lipinski definition) is 3. The highest BCUT2D eigenvalue weighted by Crippen LogP contribution is 2.30. The summed E-state index contributed by atoms with van der Waals surface area (Å²) in [5, 5.41) is 8.89. The third-order valence-electron chi connectivity index (χ3n) is 3.02. The fourth-order valence-electron chi connectivity index (χ4n) is 1.89. The molecule has 0 spiro atoms. The predicted molar refractivity (Wildman–Crippen MR) is 99.6 cm³/mol. The number of hydrogen-bond acceptors (Lipinski definition) is 8. The van der Waals surface area contributed by atoms with E-state index in [1.807, 2.05) is 0 Å². The number of thiazole rings is 2. The molecule has 0 radical (unpaired) electrons. The van der Waals surface area contributed by atoms with Gasteiger partial charge >= 0.3 is 5.01 Å². The number of H-pyrrole nitrogens is 1. The van der Waals surface area contributed by atoms with E-state index in [-0.39, 0.29) is 33.5 Å². The summed E-state index contributed by atoms with van der Waals surface area (Å²) in [5.41, 5.74) is 6.43. The first-order chi connectivity index (χ1) is 11.7. The van der Waals surface area contributed by atoms with Gasteiger partial charge in [-0.15, -0.1) is 0 Å². The second-order valence-corrected chi connectivity index (χ2v) is 9.77. The van der Waals surface area contributed by atoms with E-state index < -0.39 is 10.0 Å². The number of benzene rings is 1. The maximum absolute atomic E-state index is 12.4. The molecule has 0 aliphatic rings. The van der Waals surface area contributed by atoms with Crippen LogP contribution in [0.3, 0.4) is 0 Å². The van der Waals surface area contributed by atoms with Crippen LogP contribution in [0.25, 0.3) is 0 Å². The van der Waals surface area contributed by atoms with E-state index in [4.69, 9.17) is 10.9 Å². The van der Waals surface area contributed by atoms with Crippen molar-refractivity contribution in [3.8, 4) is 0 Å². The lowest BCUT2D eigenvalue weighted by Crippen LogP contribution is -3.00. The summed E-state index contributed by atoms with van der Waals surface area (Å²) in [6.07, 6.45) is 1.67. The number of nitrogens with zero attached hydrogens (tertiary/aromatic N) is 1. The van der Waals surface area contributed by atoms with Crippen molar-refractivity contribution < 1.29 is 35.2 Å². The number of ketones is 1. The predicted octanol–water partition coefficient (Wildman–Crippen LogP) is -1.01. The standard InChI is InChI=1S/C13H10BrN5O3S3.BrH/c14-8-5-17-12(23-8)9(20)10-11(15)19-13(24-10)18-6-1-3-7(4-2-6)25(16,21)22;/h1-5H,15H2,(H,18,19)(H2,16,21,22);1H. The summed E-state index contributed by atoms with van der Waals surface area (Å²) < 4.78 is 23.3. The zero-order valence-electron chi connectivity index (χ0n) is 12.7. The Bertz CT molecular complexity index is 1050. The fraction of sp³-hybridized carbons (Fsp3) is 0. The Kier molecular flexibility index (Phi) is 6.52. The molecule has 1 aromatic carbocycles. The molecule has 0 aliphatic heterocycles. The zero-order valence-corrected chi connectivity index (χ0v) is 18.3. The van der Waals surface area contributed by atoms with Crippen LogP contribution in [0, 0.1) is 0 Å². The molecule has 8 nitrogen and oxygen atoms in total. The summed E-state index contributed by atoms with van der Waals surface area (Å²) in [4.78, 5) is 19.8. The van der Waals surface area contributed by atoms with Gasteiger partial charge in [0, 0.05) is 5.69 Å². The van der Waals surface area contributed by atoms with Gasteiger partial charge in [0.2, 0.25) is 10.0 Å². The van der Waals surface area contributed by atoms with Crippen molar-refractivity contribution in [3.63, 3.8) is 0 Å². The van der Waals surface area contributed by atoms with Crippen LogP contribution in [0.4, 0.5) is 16.6 Å². The Hall–Kier alpha value is -1.38. The van der Waals surface area contributed by atoms with Crippen molar-refractivity contribution >= 4 is 71.0 Å². The van der Waals surface area contributed by atoms with Crippen molar-refractivity contribution in [1.29, 1.82) is 0 Å². The van der Waals surface area contributed by atoms with Crippen molar-refractivity contribution in [2.24, 2.45) is 5.14 Å². The molecule has 0 fully saturated rings. The molecular formula is C13H11Br2N5O3S3.